The number of likely N-dealkylation sites (tertiary alicyclic amines) is 1. The van der Waals surface area contributed by atoms with Crippen LogP contribution in [0.1, 0.15) is 28.8 Å². The molecule has 0 spiro atoms. The smallest absolute Gasteiger partial charge is 0.253 e. The second-order valence-electron chi connectivity index (χ2n) is 6.95. The Balaban J connectivity index is 1.56. The number of nitrogens with zero attached hydrogens (tertiary/aromatic N) is 1. The van der Waals surface area contributed by atoms with Crippen molar-refractivity contribution >= 4 is 15.7 Å². The molecule has 1 fully saturated rings. The van der Waals surface area contributed by atoms with Crippen molar-refractivity contribution in [1.82, 2.24) is 4.90 Å². The van der Waals surface area contributed by atoms with Crippen LogP contribution in [0.4, 0.5) is 8.78 Å². The summed E-state index contributed by atoms with van der Waals surface area (Å²) in [5.41, 5.74) is 1.12. The molecule has 5 nitrogen and oxygen atoms in total. The number of ether oxygens (including phenoxy) is 1. The fraction of sp³-hybridized carbons (Fsp3) is 0.350. The number of amides is 1. The number of piperidine rings is 1. The number of rotatable bonds is 5. The predicted molar refractivity (Wildman–Crippen MR) is 101 cm³/mol. The molecule has 1 aliphatic rings. The van der Waals surface area contributed by atoms with E-state index in [-0.39, 0.29) is 23.5 Å². The minimum Gasteiger partial charge on any atom is -0.487 e. The van der Waals surface area contributed by atoms with Crippen LogP contribution in [0.15, 0.2) is 42.5 Å². The van der Waals surface area contributed by atoms with Gasteiger partial charge >= 0.3 is 0 Å². The molecular formula is C20H21F2NO4S. The van der Waals surface area contributed by atoms with Gasteiger partial charge in [-0.05, 0) is 29.8 Å². The van der Waals surface area contributed by atoms with Crippen molar-refractivity contribution in [2.75, 3.05) is 19.3 Å². The highest BCUT2D eigenvalue weighted by Gasteiger charge is 2.25. The van der Waals surface area contributed by atoms with Gasteiger partial charge in [-0.2, -0.15) is 0 Å². The molecule has 0 aromatic heterocycles. The monoisotopic (exact) mass is 409 g/mol. The van der Waals surface area contributed by atoms with Crippen molar-refractivity contribution in [1.29, 1.82) is 0 Å². The van der Waals surface area contributed by atoms with E-state index in [0.717, 1.165) is 18.4 Å². The van der Waals surface area contributed by atoms with Gasteiger partial charge in [-0.1, -0.05) is 12.1 Å². The van der Waals surface area contributed by atoms with Gasteiger partial charge in [0.2, 0.25) is 0 Å². The molecule has 0 bridgehead atoms. The topological polar surface area (TPSA) is 63.7 Å². The van der Waals surface area contributed by atoms with E-state index in [0.29, 0.717) is 37.1 Å². The molecule has 0 saturated carbocycles. The summed E-state index contributed by atoms with van der Waals surface area (Å²) in [4.78, 5) is 14.3. The molecule has 3 rings (SSSR count). The molecule has 0 atom stereocenters. The Kier molecular flexibility index (Phi) is 5.98. The number of halogens is 2. The lowest BCUT2D eigenvalue weighted by molar-refractivity contribution is 0.0588. The lowest BCUT2D eigenvalue weighted by atomic mass is 10.1. The van der Waals surface area contributed by atoms with Crippen LogP contribution in [-0.4, -0.2) is 44.7 Å². The third kappa shape index (κ3) is 5.28. The third-order valence-corrected chi connectivity index (χ3v) is 5.40. The fourth-order valence-corrected chi connectivity index (χ4v) is 3.95. The molecule has 0 N–H and O–H groups in total. The van der Waals surface area contributed by atoms with Gasteiger partial charge in [-0.25, -0.2) is 17.2 Å². The van der Waals surface area contributed by atoms with Crippen LogP contribution in [0.2, 0.25) is 0 Å². The Morgan fingerprint density at radius 3 is 2.32 bits per heavy atom. The summed E-state index contributed by atoms with van der Waals surface area (Å²) in [7, 11) is -3.12. The Morgan fingerprint density at radius 2 is 1.75 bits per heavy atom. The van der Waals surface area contributed by atoms with Crippen molar-refractivity contribution < 1.29 is 26.7 Å². The number of hydrogen-bond donors (Lipinski definition) is 0. The molecule has 1 saturated heterocycles. The molecular weight excluding hydrogens is 388 g/mol. The molecule has 2 aromatic carbocycles. The molecule has 1 aliphatic heterocycles. The summed E-state index contributed by atoms with van der Waals surface area (Å²) in [6.07, 6.45) is 1.99. The third-order valence-electron chi connectivity index (χ3n) is 4.55. The van der Waals surface area contributed by atoms with Crippen LogP contribution < -0.4 is 4.74 Å². The summed E-state index contributed by atoms with van der Waals surface area (Å²) in [6.45, 7) is 0.912. The van der Waals surface area contributed by atoms with E-state index in [9.17, 15) is 22.0 Å². The van der Waals surface area contributed by atoms with Gasteiger partial charge in [0, 0.05) is 43.8 Å². The Labute approximate surface area is 162 Å². The highest BCUT2D eigenvalue weighted by Crippen LogP contribution is 2.23. The van der Waals surface area contributed by atoms with E-state index in [1.165, 1.54) is 6.07 Å². The zero-order valence-corrected chi connectivity index (χ0v) is 16.2. The zero-order valence-electron chi connectivity index (χ0n) is 15.4. The number of carbonyl (C=O) groups excluding carboxylic acids is 1. The van der Waals surface area contributed by atoms with Crippen LogP contribution in [0.3, 0.4) is 0 Å². The standard InChI is InChI=1S/C20H21F2NO4S/c1-28(25,26)13-14-2-4-15(5-3-14)20(24)23-10-8-17(9-11-23)27-19-7-6-16(21)12-18(19)22/h2-7,12,17H,8-11,13H2,1H3. The minimum atomic E-state index is -3.12. The van der Waals surface area contributed by atoms with Crippen LogP contribution in [-0.2, 0) is 15.6 Å². The first-order valence-electron chi connectivity index (χ1n) is 8.89. The highest BCUT2D eigenvalue weighted by molar-refractivity contribution is 7.89. The Bertz CT molecular complexity index is 953. The molecule has 150 valence electrons. The first-order valence-corrected chi connectivity index (χ1v) is 10.9. The lowest BCUT2D eigenvalue weighted by Gasteiger charge is -2.32. The Hall–Kier alpha value is -2.48. The number of carbonyl (C=O) groups is 1. The minimum absolute atomic E-state index is 0.00708. The van der Waals surface area contributed by atoms with Crippen molar-refractivity contribution in [3.63, 3.8) is 0 Å². The number of hydrogen-bond acceptors (Lipinski definition) is 4. The quantitative estimate of drug-likeness (QED) is 0.761. The van der Waals surface area contributed by atoms with E-state index in [1.807, 2.05) is 0 Å². The average Bonchev–Trinajstić information content (AvgIpc) is 2.63. The van der Waals surface area contributed by atoms with E-state index in [1.54, 1.807) is 29.2 Å². The van der Waals surface area contributed by atoms with Crippen LogP contribution >= 0.6 is 0 Å². The first-order chi connectivity index (χ1) is 13.2. The van der Waals surface area contributed by atoms with Gasteiger partial charge in [0.25, 0.3) is 5.91 Å². The summed E-state index contributed by atoms with van der Waals surface area (Å²) in [6, 6.07) is 9.72. The molecule has 0 unspecified atom stereocenters. The number of benzene rings is 2. The predicted octanol–water partition coefficient (Wildman–Crippen LogP) is 3.19. The molecule has 0 aliphatic carbocycles. The van der Waals surface area contributed by atoms with Crippen molar-refractivity contribution in [2.24, 2.45) is 0 Å². The van der Waals surface area contributed by atoms with Gasteiger partial charge < -0.3 is 9.64 Å². The molecule has 0 radical (unpaired) electrons. The highest BCUT2D eigenvalue weighted by atomic mass is 32.2. The maximum Gasteiger partial charge on any atom is 0.253 e. The summed E-state index contributed by atoms with van der Waals surface area (Å²) in [5, 5.41) is 0. The maximum atomic E-state index is 13.7. The van der Waals surface area contributed by atoms with Crippen LogP contribution in [0, 0.1) is 11.6 Å². The zero-order chi connectivity index (χ0) is 20.3. The van der Waals surface area contributed by atoms with Crippen molar-refractivity contribution in [2.45, 2.75) is 24.7 Å². The van der Waals surface area contributed by atoms with Gasteiger partial charge in [0.15, 0.2) is 21.4 Å². The normalized spacial score (nSPS) is 15.5. The first kappa shape index (κ1) is 20.3. The molecule has 28 heavy (non-hydrogen) atoms. The van der Waals surface area contributed by atoms with E-state index in [4.69, 9.17) is 4.74 Å². The molecule has 1 amide bonds. The van der Waals surface area contributed by atoms with Gasteiger partial charge in [-0.15, -0.1) is 0 Å². The summed E-state index contributed by atoms with van der Waals surface area (Å²) >= 11 is 0. The molecule has 2 aromatic rings. The van der Waals surface area contributed by atoms with Crippen LogP contribution in [0.25, 0.3) is 0 Å². The fourth-order valence-electron chi connectivity index (χ4n) is 3.16. The van der Waals surface area contributed by atoms with Gasteiger partial charge in [0.05, 0.1) is 5.75 Å². The van der Waals surface area contributed by atoms with E-state index in [2.05, 4.69) is 0 Å². The largest absolute Gasteiger partial charge is 0.487 e. The van der Waals surface area contributed by atoms with E-state index < -0.39 is 21.5 Å². The van der Waals surface area contributed by atoms with Crippen LogP contribution in [0.5, 0.6) is 5.75 Å². The summed E-state index contributed by atoms with van der Waals surface area (Å²) < 4.78 is 54.9. The lowest BCUT2D eigenvalue weighted by Crippen LogP contribution is -2.41. The van der Waals surface area contributed by atoms with Crippen molar-refractivity contribution in [3.05, 3.63) is 65.2 Å². The summed E-state index contributed by atoms with van der Waals surface area (Å²) in [5.74, 6) is -1.60. The Morgan fingerprint density at radius 1 is 1.11 bits per heavy atom. The second-order valence-corrected chi connectivity index (χ2v) is 9.09. The van der Waals surface area contributed by atoms with Gasteiger partial charge in [-0.3, -0.25) is 4.79 Å². The second kappa shape index (κ2) is 8.26. The molecule has 8 heteroatoms. The van der Waals surface area contributed by atoms with E-state index >= 15 is 0 Å². The molecule has 1 heterocycles. The maximum absolute atomic E-state index is 13.7. The van der Waals surface area contributed by atoms with Gasteiger partial charge in [0.1, 0.15) is 11.9 Å². The van der Waals surface area contributed by atoms with Crippen molar-refractivity contribution in [3.8, 4) is 5.75 Å². The average molecular weight is 409 g/mol. The number of sulfone groups is 1. The SMILES string of the molecule is CS(=O)(=O)Cc1ccc(C(=O)N2CCC(Oc3ccc(F)cc3F)CC2)cc1.